The predicted molar refractivity (Wildman–Crippen MR) is 109 cm³/mol. The first-order chi connectivity index (χ1) is 13.1. The number of anilines is 1. The minimum absolute atomic E-state index is 0.0111. The van der Waals surface area contributed by atoms with Gasteiger partial charge in [0.2, 0.25) is 0 Å². The van der Waals surface area contributed by atoms with E-state index in [0.717, 1.165) is 10.0 Å². The van der Waals surface area contributed by atoms with Gasteiger partial charge in [0.05, 0.1) is 18.4 Å². The Hall–Kier alpha value is -2.88. The molecule has 0 aliphatic carbocycles. The van der Waals surface area contributed by atoms with Crippen LogP contribution in [0.1, 0.15) is 11.1 Å². The third-order valence-electron chi connectivity index (χ3n) is 3.74. The van der Waals surface area contributed by atoms with Crippen molar-refractivity contribution in [3.63, 3.8) is 0 Å². The maximum Gasteiger partial charge on any atom is 0.266 e. The van der Waals surface area contributed by atoms with Gasteiger partial charge in [-0.05, 0) is 45.8 Å². The van der Waals surface area contributed by atoms with Crippen molar-refractivity contribution in [1.29, 1.82) is 5.26 Å². The summed E-state index contributed by atoms with van der Waals surface area (Å²) >= 11 is 9.53. The van der Waals surface area contributed by atoms with Gasteiger partial charge >= 0.3 is 0 Å². The minimum Gasteiger partial charge on any atom is -0.320 e. The van der Waals surface area contributed by atoms with Crippen LogP contribution in [0.4, 0.5) is 5.69 Å². The second kappa shape index (κ2) is 8.67. The lowest BCUT2D eigenvalue weighted by Gasteiger charge is -2.06. The highest BCUT2D eigenvalue weighted by atomic mass is 79.9. The molecule has 1 amide bonds. The van der Waals surface area contributed by atoms with Gasteiger partial charge in [0.15, 0.2) is 0 Å². The molecule has 1 N–H and O–H groups in total. The van der Waals surface area contributed by atoms with E-state index in [1.54, 1.807) is 29.2 Å². The number of para-hydroxylation sites is 1. The quantitative estimate of drug-likeness (QED) is 0.452. The molecule has 1 heterocycles. The van der Waals surface area contributed by atoms with Crippen LogP contribution >= 0.6 is 27.5 Å². The average Bonchev–Trinajstić information content (AvgIpc) is 3.10. The molecule has 0 aliphatic heterocycles. The van der Waals surface area contributed by atoms with Crippen LogP contribution in [-0.4, -0.2) is 15.7 Å². The lowest BCUT2D eigenvalue weighted by Crippen LogP contribution is -2.13. The fraction of sp³-hybridized carbons (Fsp3) is 0.0500. The average molecular weight is 442 g/mol. The first kappa shape index (κ1) is 18.9. The zero-order valence-electron chi connectivity index (χ0n) is 14.1. The Bertz CT molecular complexity index is 1050. The van der Waals surface area contributed by atoms with Crippen molar-refractivity contribution in [1.82, 2.24) is 9.78 Å². The van der Waals surface area contributed by atoms with E-state index in [4.69, 9.17) is 11.6 Å². The summed E-state index contributed by atoms with van der Waals surface area (Å²) in [6, 6.07) is 16.7. The number of nitrogens with zero attached hydrogens (tertiary/aromatic N) is 3. The van der Waals surface area contributed by atoms with Crippen molar-refractivity contribution >= 4 is 45.2 Å². The molecule has 27 heavy (non-hydrogen) atoms. The summed E-state index contributed by atoms with van der Waals surface area (Å²) in [5.41, 5.74) is 2.17. The SMILES string of the molecule is N#C/C(=C\c1cnn(Cc2ccccc2Cl)c1)C(=O)Nc1ccccc1Br. The Balaban J connectivity index is 1.75. The van der Waals surface area contributed by atoms with Gasteiger partial charge in [-0.2, -0.15) is 10.4 Å². The van der Waals surface area contributed by atoms with Gasteiger partial charge in [-0.15, -0.1) is 0 Å². The molecule has 0 spiro atoms. The highest BCUT2D eigenvalue weighted by Gasteiger charge is 2.12. The zero-order valence-corrected chi connectivity index (χ0v) is 16.4. The van der Waals surface area contributed by atoms with E-state index < -0.39 is 5.91 Å². The molecule has 0 atom stereocenters. The van der Waals surface area contributed by atoms with Gasteiger partial charge in [-0.1, -0.05) is 41.9 Å². The molecule has 0 bridgehead atoms. The van der Waals surface area contributed by atoms with Crippen molar-refractivity contribution in [3.8, 4) is 6.07 Å². The van der Waals surface area contributed by atoms with Crippen LogP contribution in [0.5, 0.6) is 0 Å². The number of nitrogens with one attached hydrogen (secondary N) is 1. The summed E-state index contributed by atoms with van der Waals surface area (Å²) in [6.45, 7) is 0.499. The van der Waals surface area contributed by atoms with Crippen molar-refractivity contribution in [2.24, 2.45) is 0 Å². The van der Waals surface area contributed by atoms with Gasteiger partial charge in [0.25, 0.3) is 5.91 Å². The summed E-state index contributed by atoms with van der Waals surface area (Å²) in [6.07, 6.45) is 4.86. The van der Waals surface area contributed by atoms with E-state index in [1.807, 2.05) is 42.5 Å². The van der Waals surface area contributed by atoms with Gasteiger partial charge < -0.3 is 5.32 Å². The first-order valence-electron chi connectivity index (χ1n) is 8.00. The number of rotatable bonds is 5. The van der Waals surface area contributed by atoms with Crippen LogP contribution in [0.2, 0.25) is 5.02 Å². The number of benzene rings is 2. The predicted octanol–water partition coefficient (Wildman–Crippen LogP) is 4.89. The van der Waals surface area contributed by atoms with Gasteiger partial charge in [-0.25, -0.2) is 0 Å². The summed E-state index contributed by atoms with van der Waals surface area (Å²) in [5.74, 6) is -0.483. The molecule has 7 heteroatoms. The normalized spacial score (nSPS) is 11.1. The van der Waals surface area contributed by atoms with E-state index >= 15 is 0 Å². The number of aromatic nitrogens is 2. The van der Waals surface area contributed by atoms with Crippen LogP contribution < -0.4 is 5.32 Å². The van der Waals surface area contributed by atoms with E-state index in [-0.39, 0.29) is 5.57 Å². The lowest BCUT2D eigenvalue weighted by molar-refractivity contribution is -0.112. The number of nitriles is 1. The number of carbonyl (C=O) groups is 1. The molecule has 0 unspecified atom stereocenters. The highest BCUT2D eigenvalue weighted by molar-refractivity contribution is 9.10. The van der Waals surface area contributed by atoms with Crippen molar-refractivity contribution in [2.45, 2.75) is 6.54 Å². The topological polar surface area (TPSA) is 70.7 Å². The second-order valence-corrected chi connectivity index (χ2v) is 6.93. The summed E-state index contributed by atoms with van der Waals surface area (Å²) < 4.78 is 2.44. The Morgan fingerprint density at radius 1 is 1.26 bits per heavy atom. The third-order valence-corrected chi connectivity index (χ3v) is 4.80. The van der Waals surface area contributed by atoms with E-state index in [1.165, 1.54) is 6.08 Å². The van der Waals surface area contributed by atoms with Crippen LogP contribution in [0, 0.1) is 11.3 Å². The Morgan fingerprint density at radius 2 is 2.00 bits per heavy atom. The Kier molecular flexibility index (Phi) is 6.07. The number of hydrogen-bond donors (Lipinski definition) is 1. The molecule has 0 radical (unpaired) electrons. The van der Waals surface area contributed by atoms with Crippen molar-refractivity contribution in [2.75, 3.05) is 5.32 Å². The largest absolute Gasteiger partial charge is 0.320 e. The molecule has 2 aromatic carbocycles. The van der Waals surface area contributed by atoms with Gasteiger partial charge in [0, 0.05) is 21.3 Å². The molecule has 0 fully saturated rings. The third kappa shape index (κ3) is 4.85. The standard InChI is InChI=1S/C20H14BrClN4O/c21-17-6-2-4-8-19(17)25-20(27)16(10-23)9-14-11-24-26(12-14)13-15-5-1-3-7-18(15)22/h1-9,11-12H,13H2,(H,25,27)/b16-9+. The monoisotopic (exact) mass is 440 g/mol. The molecule has 0 saturated carbocycles. The van der Waals surface area contributed by atoms with E-state index in [9.17, 15) is 10.1 Å². The van der Waals surface area contributed by atoms with Crippen LogP contribution in [0.3, 0.4) is 0 Å². The van der Waals surface area contributed by atoms with Gasteiger partial charge in [-0.3, -0.25) is 9.48 Å². The summed E-state index contributed by atoms with van der Waals surface area (Å²) in [4.78, 5) is 12.4. The number of hydrogen-bond acceptors (Lipinski definition) is 3. The van der Waals surface area contributed by atoms with E-state index in [2.05, 4.69) is 26.3 Å². The number of carbonyl (C=O) groups excluding carboxylic acids is 1. The molecule has 5 nitrogen and oxygen atoms in total. The van der Waals surface area contributed by atoms with E-state index in [0.29, 0.717) is 22.8 Å². The number of halogens is 2. The minimum atomic E-state index is -0.483. The molecular weight excluding hydrogens is 428 g/mol. The zero-order chi connectivity index (χ0) is 19.2. The maximum atomic E-state index is 12.4. The fourth-order valence-electron chi connectivity index (χ4n) is 2.41. The molecule has 1 aromatic heterocycles. The second-order valence-electron chi connectivity index (χ2n) is 5.67. The van der Waals surface area contributed by atoms with Gasteiger partial charge in [0.1, 0.15) is 11.6 Å². The molecule has 134 valence electrons. The van der Waals surface area contributed by atoms with Crippen molar-refractivity contribution < 1.29 is 4.79 Å². The number of amides is 1. The Labute approximate surface area is 170 Å². The smallest absolute Gasteiger partial charge is 0.266 e. The summed E-state index contributed by atoms with van der Waals surface area (Å²) in [7, 11) is 0. The van der Waals surface area contributed by atoms with Crippen LogP contribution in [0.25, 0.3) is 6.08 Å². The molecule has 3 aromatic rings. The molecular formula is C20H14BrClN4O. The molecule has 0 aliphatic rings. The summed E-state index contributed by atoms with van der Waals surface area (Å²) in [5, 5.41) is 17.0. The molecule has 0 saturated heterocycles. The Morgan fingerprint density at radius 3 is 2.74 bits per heavy atom. The maximum absolute atomic E-state index is 12.4. The fourth-order valence-corrected chi connectivity index (χ4v) is 2.99. The first-order valence-corrected chi connectivity index (χ1v) is 9.17. The van der Waals surface area contributed by atoms with Crippen LogP contribution in [0.15, 0.2) is 71.0 Å². The highest BCUT2D eigenvalue weighted by Crippen LogP contribution is 2.22. The molecule has 3 rings (SSSR count). The van der Waals surface area contributed by atoms with Crippen LogP contribution in [-0.2, 0) is 11.3 Å². The van der Waals surface area contributed by atoms with Crippen molar-refractivity contribution in [3.05, 3.63) is 87.1 Å². The lowest BCUT2D eigenvalue weighted by atomic mass is 10.2.